The zero-order valence-electron chi connectivity index (χ0n) is 15.1. The van der Waals surface area contributed by atoms with Crippen LogP contribution in [0.5, 0.6) is 5.75 Å². The van der Waals surface area contributed by atoms with Gasteiger partial charge in [-0.1, -0.05) is 48.9 Å². The smallest absolute Gasteiger partial charge is 0.343 e. The molecule has 0 aliphatic heterocycles. The summed E-state index contributed by atoms with van der Waals surface area (Å²) in [5, 5.41) is 0.619. The fraction of sp³-hybridized carbons (Fsp3) is 0.611. The number of carbonyl (C=O) groups is 1. The fourth-order valence-corrected chi connectivity index (χ4v) is 2.86. The Morgan fingerprint density at radius 2 is 1.56 bits per heavy atom. The lowest BCUT2D eigenvalue weighted by atomic mass is 10.1. The number of benzene rings is 1. The lowest BCUT2D eigenvalue weighted by Gasteiger charge is -2.12. The molecule has 0 aliphatic carbocycles. The van der Waals surface area contributed by atoms with Crippen molar-refractivity contribution in [2.75, 3.05) is 34.4 Å². The molecule has 0 aromatic heterocycles. The monoisotopic (exact) mass is 411 g/mol. The number of hydrogen-bond acceptors (Lipinski definition) is 4. The van der Waals surface area contributed by atoms with Crippen LogP contribution in [0.15, 0.2) is 12.1 Å². The highest BCUT2D eigenvalue weighted by atomic mass is 35.5. The Morgan fingerprint density at radius 1 is 1.00 bits per heavy atom. The summed E-state index contributed by atoms with van der Waals surface area (Å²) in [6.45, 7) is 1.52. The molecule has 0 fully saturated rings. The molecule has 0 aliphatic rings. The van der Waals surface area contributed by atoms with Crippen molar-refractivity contribution >= 4 is 41.6 Å². The van der Waals surface area contributed by atoms with Gasteiger partial charge in [0.05, 0.1) is 23.8 Å². The number of carbonyl (C=O) groups excluding carboxylic acids is 1. The van der Waals surface area contributed by atoms with Gasteiger partial charge in [-0.15, -0.1) is 12.4 Å². The van der Waals surface area contributed by atoms with Gasteiger partial charge >= 0.3 is 5.97 Å². The van der Waals surface area contributed by atoms with Gasteiger partial charge in [0.25, 0.3) is 0 Å². The minimum Gasteiger partial charge on any atom is -0.494 e. The number of esters is 1. The van der Waals surface area contributed by atoms with Gasteiger partial charge in [0.15, 0.2) is 5.75 Å². The summed E-state index contributed by atoms with van der Waals surface area (Å²) >= 11 is 12.1. The predicted octanol–water partition coefficient (Wildman–Crippen LogP) is 5.48. The summed E-state index contributed by atoms with van der Waals surface area (Å²) in [6.07, 6.45) is 6.75. The first-order chi connectivity index (χ1) is 11.5. The normalized spacial score (nSPS) is 10.5. The van der Waals surface area contributed by atoms with Gasteiger partial charge in [-0.25, -0.2) is 4.79 Å². The van der Waals surface area contributed by atoms with Crippen molar-refractivity contribution in [3.8, 4) is 5.75 Å². The Hall–Kier alpha value is -0.680. The molecule has 25 heavy (non-hydrogen) atoms. The van der Waals surface area contributed by atoms with Gasteiger partial charge in [-0.2, -0.15) is 0 Å². The van der Waals surface area contributed by atoms with Crippen molar-refractivity contribution < 1.29 is 14.3 Å². The van der Waals surface area contributed by atoms with Gasteiger partial charge < -0.3 is 14.4 Å². The summed E-state index contributed by atoms with van der Waals surface area (Å²) < 4.78 is 10.5. The number of methoxy groups -OCH3 is 1. The van der Waals surface area contributed by atoms with Crippen LogP contribution in [0.4, 0.5) is 0 Å². The average molecular weight is 413 g/mol. The second-order valence-corrected chi connectivity index (χ2v) is 6.81. The van der Waals surface area contributed by atoms with E-state index >= 15 is 0 Å². The second kappa shape index (κ2) is 13.5. The fourth-order valence-electron chi connectivity index (χ4n) is 2.40. The number of unbranched alkanes of at least 4 members (excludes halogenated alkanes) is 5. The minimum atomic E-state index is -0.495. The van der Waals surface area contributed by atoms with E-state index in [0.717, 1.165) is 25.8 Å². The number of nitrogens with zero attached hydrogens (tertiary/aromatic N) is 1. The number of hydrogen-bond donors (Lipinski definition) is 0. The Kier molecular flexibility index (Phi) is 13.1. The van der Waals surface area contributed by atoms with Gasteiger partial charge in [-0.3, -0.25) is 0 Å². The Labute approximate surface area is 167 Å². The maximum absolute atomic E-state index is 12.2. The molecule has 1 rings (SSSR count). The number of rotatable bonds is 11. The van der Waals surface area contributed by atoms with Crippen LogP contribution in [0, 0.1) is 0 Å². The van der Waals surface area contributed by atoms with Crippen LogP contribution in [0.1, 0.15) is 48.9 Å². The molecule has 0 amide bonds. The molecule has 7 heteroatoms. The van der Waals surface area contributed by atoms with Crippen molar-refractivity contribution in [2.45, 2.75) is 38.5 Å². The molecule has 0 atom stereocenters. The first kappa shape index (κ1) is 24.3. The highest BCUT2D eigenvalue weighted by Crippen LogP contribution is 2.34. The van der Waals surface area contributed by atoms with E-state index in [2.05, 4.69) is 19.0 Å². The van der Waals surface area contributed by atoms with E-state index in [9.17, 15) is 4.79 Å². The van der Waals surface area contributed by atoms with Gasteiger partial charge in [0, 0.05) is 0 Å². The van der Waals surface area contributed by atoms with Crippen molar-refractivity contribution in [1.82, 2.24) is 4.90 Å². The first-order valence-electron chi connectivity index (χ1n) is 8.31. The second-order valence-electron chi connectivity index (χ2n) is 6.00. The SMILES string of the molecule is COc1c(Cl)ccc(Cl)c1C(=O)OCCCCCCCCN(C)C.Cl. The maximum atomic E-state index is 12.2. The first-order valence-corrected chi connectivity index (χ1v) is 9.06. The van der Waals surface area contributed by atoms with Crippen LogP contribution < -0.4 is 4.74 Å². The minimum absolute atomic E-state index is 0. The van der Waals surface area contributed by atoms with Crippen molar-refractivity contribution in [3.63, 3.8) is 0 Å². The summed E-state index contributed by atoms with van der Waals surface area (Å²) in [7, 11) is 5.63. The van der Waals surface area contributed by atoms with E-state index in [1.165, 1.54) is 26.4 Å². The van der Waals surface area contributed by atoms with E-state index in [4.69, 9.17) is 32.7 Å². The number of ether oxygens (including phenoxy) is 2. The third-order valence-electron chi connectivity index (χ3n) is 3.70. The van der Waals surface area contributed by atoms with Gasteiger partial charge in [0.1, 0.15) is 5.56 Å². The molecular weight excluding hydrogens is 385 g/mol. The van der Waals surface area contributed by atoms with Crippen molar-refractivity contribution in [3.05, 3.63) is 27.7 Å². The zero-order chi connectivity index (χ0) is 17.9. The van der Waals surface area contributed by atoms with Crippen LogP contribution in [0.25, 0.3) is 0 Å². The molecule has 0 saturated carbocycles. The molecule has 4 nitrogen and oxygen atoms in total. The van der Waals surface area contributed by atoms with E-state index in [-0.39, 0.29) is 28.7 Å². The summed E-state index contributed by atoms with van der Waals surface area (Å²) in [6, 6.07) is 3.16. The lowest BCUT2D eigenvalue weighted by molar-refractivity contribution is 0.0494. The molecule has 0 radical (unpaired) electrons. The molecule has 1 aromatic rings. The largest absolute Gasteiger partial charge is 0.494 e. The predicted molar refractivity (Wildman–Crippen MR) is 107 cm³/mol. The zero-order valence-corrected chi connectivity index (χ0v) is 17.5. The average Bonchev–Trinajstić information content (AvgIpc) is 2.54. The summed E-state index contributed by atoms with van der Waals surface area (Å²) in [5.74, 6) is -0.236. The third-order valence-corrected chi connectivity index (χ3v) is 4.31. The van der Waals surface area contributed by atoms with Crippen LogP contribution in [-0.2, 0) is 4.74 Å². The van der Waals surface area contributed by atoms with E-state index in [1.807, 2.05) is 0 Å². The molecule has 0 N–H and O–H groups in total. The van der Waals surface area contributed by atoms with E-state index in [1.54, 1.807) is 12.1 Å². The molecule has 144 valence electrons. The lowest BCUT2D eigenvalue weighted by Crippen LogP contribution is -2.12. The van der Waals surface area contributed by atoms with Crippen molar-refractivity contribution in [2.24, 2.45) is 0 Å². The van der Waals surface area contributed by atoms with Crippen LogP contribution >= 0.6 is 35.6 Å². The molecule has 0 heterocycles. The molecule has 0 unspecified atom stereocenters. The highest BCUT2D eigenvalue weighted by molar-refractivity contribution is 6.37. The maximum Gasteiger partial charge on any atom is 0.343 e. The number of halogens is 3. The standard InChI is InChI=1S/C18H27Cl2NO3.ClH/c1-21(2)12-8-6-4-5-7-9-13-24-18(22)16-14(19)10-11-15(20)17(16)23-3;/h10-11H,4-9,12-13H2,1-3H3;1H. The van der Waals surface area contributed by atoms with Crippen LogP contribution in [-0.4, -0.2) is 45.2 Å². The van der Waals surface area contributed by atoms with Crippen LogP contribution in [0.3, 0.4) is 0 Å². The Bertz CT molecular complexity index is 525. The van der Waals surface area contributed by atoms with Crippen molar-refractivity contribution in [1.29, 1.82) is 0 Å². The molecular formula is C18H28Cl3NO3. The third kappa shape index (κ3) is 9.00. The highest BCUT2D eigenvalue weighted by Gasteiger charge is 2.20. The summed E-state index contributed by atoms with van der Waals surface area (Å²) in [4.78, 5) is 14.4. The van der Waals surface area contributed by atoms with Gasteiger partial charge in [0.2, 0.25) is 0 Å². The summed E-state index contributed by atoms with van der Waals surface area (Å²) in [5.41, 5.74) is 0.190. The van der Waals surface area contributed by atoms with E-state index in [0.29, 0.717) is 11.6 Å². The Morgan fingerprint density at radius 3 is 2.16 bits per heavy atom. The molecule has 1 aromatic carbocycles. The Balaban J connectivity index is 0.00000576. The molecule has 0 saturated heterocycles. The molecule has 0 bridgehead atoms. The quantitative estimate of drug-likeness (QED) is 0.356. The van der Waals surface area contributed by atoms with Crippen LogP contribution in [0.2, 0.25) is 10.0 Å². The molecule has 0 spiro atoms. The topological polar surface area (TPSA) is 38.8 Å². The van der Waals surface area contributed by atoms with E-state index < -0.39 is 5.97 Å². The van der Waals surface area contributed by atoms with Gasteiger partial charge in [-0.05, 0) is 45.6 Å².